The quantitative estimate of drug-likeness (QED) is 0.450. The van der Waals surface area contributed by atoms with Gasteiger partial charge < -0.3 is 14.2 Å². The van der Waals surface area contributed by atoms with E-state index in [-0.39, 0.29) is 6.61 Å². The van der Waals surface area contributed by atoms with Crippen LogP contribution >= 0.6 is 11.6 Å². The summed E-state index contributed by atoms with van der Waals surface area (Å²) in [6.45, 7) is 4.03. The third-order valence-electron chi connectivity index (χ3n) is 4.57. The van der Waals surface area contributed by atoms with Crippen molar-refractivity contribution in [3.63, 3.8) is 0 Å². The van der Waals surface area contributed by atoms with Gasteiger partial charge in [0.15, 0.2) is 6.23 Å². The van der Waals surface area contributed by atoms with Crippen LogP contribution in [0.5, 0.6) is 0 Å². The number of H-pyrrole nitrogens is 1. The minimum Gasteiger partial charge on any atom is -0.378 e. The fourth-order valence-electron chi connectivity index (χ4n) is 3.00. The summed E-state index contributed by atoms with van der Waals surface area (Å²) in [6, 6.07) is 1.19. The minimum atomic E-state index is -1.41. The van der Waals surface area contributed by atoms with Gasteiger partial charge >= 0.3 is 5.69 Å². The second kappa shape index (κ2) is 10.4. The summed E-state index contributed by atoms with van der Waals surface area (Å²) in [4.78, 5) is 25.6. The van der Waals surface area contributed by atoms with E-state index in [2.05, 4.69) is 4.98 Å². The van der Waals surface area contributed by atoms with Gasteiger partial charge in [-0.25, -0.2) is 9.18 Å². The van der Waals surface area contributed by atoms with Crippen LogP contribution in [-0.4, -0.2) is 53.1 Å². The van der Waals surface area contributed by atoms with Crippen molar-refractivity contribution in [1.29, 1.82) is 0 Å². The minimum absolute atomic E-state index is 0.0296. The van der Waals surface area contributed by atoms with Crippen molar-refractivity contribution in [2.75, 3.05) is 26.5 Å². The number of rotatable bonds is 11. The highest BCUT2D eigenvalue weighted by atomic mass is 35.5. The molecular formula is C18H28ClFN2O5. The fraction of sp³-hybridized carbons (Fsp3) is 0.778. The Balaban J connectivity index is 2.27. The monoisotopic (exact) mass is 406 g/mol. The molecular weight excluding hydrogens is 379 g/mol. The second-order valence-electron chi connectivity index (χ2n) is 6.72. The summed E-state index contributed by atoms with van der Waals surface area (Å²) in [6.07, 6.45) is 3.02. The number of aromatic amines is 1. The molecule has 0 unspecified atom stereocenters. The lowest BCUT2D eigenvalue weighted by Gasteiger charge is -2.31. The SMILES string of the molecule is CCCCOC[C@@]1(CF)O[C@@H](n2ccc(=O)[nH]c2=O)[C@H](Cl)[C@@H]1OCCCC. The number of alkyl halides is 2. The Morgan fingerprint density at radius 2 is 2.00 bits per heavy atom. The normalized spacial score (nSPS) is 27.9. The predicted molar refractivity (Wildman–Crippen MR) is 100 cm³/mol. The Kier molecular flexibility index (Phi) is 8.47. The van der Waals surface area contributed by atoms with Crippen molar-refractivity contribution in [3.05, 3.63) is 33.1 Å². The van der Waals surface area contributed by atoms with Crippen LogP contribution in [0.4, 0.5) is 4.39 Å². The first-order valence-corrected chi connectivity index (χ1v) is 9.81. The summed E-state index contributed by atoms with van der Waals surface area (Å²) in [7, 11) is 0. The zero-order chi connectivity index (χ0) is 19.9. The van der Waals surface area contributed by atoms with Crippen LogP contribution in [0.3, 0.4) is 0 Å². The number of unbranched alkanes of at least 4 members (excludes halogenated alkanes) is 2. The number of hydrogen-bond acceptors (Lipinski definition) is 5. The lowest BCUT2D eigenvalue weighted by Crippen LogP contribution is -2.49. The van der Waals surface area contributed by atoms with E-state index in [0.29, 0.717) is 13.2 Å². The average Bonchev–Trinajstić information content (AvgIpc) is 2.92. The zero-order valence-corrected chi connectivity index (χ0v) is 16.5. The molecule has 7 nitrogen and oxygen atoms in total. The van der Waals surface area contributed by atoms with E-state index < -0.39 is 41.2 Å². The third kappa shape index (κ3) is 5.19. The first kappa shape index (κ1) is 22.1. The number of nitrogens with one attached hydrogen (secondary N) is 1. The second-order valence-corrected chi connectivity index (χ2v) is 7.22. The first-order valence-electron chi connectivity index (χ1n) is 9.37. The van der Waals surface area contributed by atoms with Crippen LogP contribution < -0.4 is 11.2 Å². The molecule has 1 aliphatic heterocycles. The number of ether oxygens (including phenoxy) is 3. The van der Waals surface area contributed by atoms with Gasteiger partial charge in [0.2, 0.25) is 0 Å². The average molecular weight is 407 g/mol. The third-order valence-corrected chi connectivity index (χ3v) is 5.02. The molecule has 0 bridgehead atoms. The van der Waals surface area contributed by atoms with Gasteiger partial charge in [0.25, 0.3) is 5.56 Å². The summed E-state index contributed by atoms with van der Waals surface area (Å²) in [5.41, 5.74) is -2.61. The smallest absolute Gasteiger partial charge is 0.330 e. The highest BCUT2D eigenvalue weighted by Gasteiger charge is 2.57. The van der Waals surface area contributed by atoms with Crippen LogP contribution in [0.25, 0.3) is 0 Å². The number of halogens is 2. The maximum absolute atomic E-state index is 14.2. The molecule has 0 amide bonds. The van der Waals surface area contributed by atoms with Crippen molar-refractivity contribution in [2.24, 2.45) is 0 Å². The summed E-state index contributed by atoms with van der Waals surface area (Å²) in [5, 5.41) is -0.823. The topological polar surface area (TPSA) is 82.5 Å². The van der Waals surface area contributed by atoms with Gasteiger partial charge in [0, 0.05) is 25.5 Å². The van der Waals surface area contributed by atoms with Crippen LogP contribution in [0.15, 0.2) is 21.9 Å². The van der Waals surface area contributed by atoms with Crippen LogP contribution in [-0.2, 0) is 14.2 Å². The first-order chi connectivity index (χ1) is 13.0. The van der Waals surface area contributed by atoms with E-state index in [1.807, 2.05) is 13.8 Å². The Morgan fingerprint density at radius 1 is 1.30 bits per heavy atom. The Hall–Kier alpha value is -1.22. The molecule has 2 heterocycles. The molecule has 27 heavy (non-hydrogen) atoms. The number of aromatic nitrogens is 2. The molecule has 0 spiro atoms. The van der Waals surface area contributed by atoms with Crippen molar-refractivity contribution < 1.29 is 18.6 Å². The van der Waals surface area contributed by atoms with Gasteiger partial charge in [-0.3, -0.25) is 14.3 Å². The molecule has 0 aliphatic carbocycles. The van der Waals surface area contributed by atoms with E-state index in [9.17, 15) is 14.0 Å². The Bertz CT molecular complexity index is 697. The summed E-state index contributed by atoms with van der Waals surface area (Å²) >= 11 is 6.55. The van der Waals surface area contributed by atoms with Crippen molar-refractivity contribution in [3.8, 4) is 0 Å². The largest absolute Gasteiger partial charge is 0.378 e. The van der Waals surface area contributed by atoms with Gasteiger partial charge in [-0.1, -0.05) is 26.7 Å². The van der Waals surface area contributed by atoms with E-state index >= 15 is 0 Å². The molecule has 1 aromatic rings. The summed E-state index contributed by atoms with van der Waals surface area (Å²) < 4.78 is 32.7. The van der Waals surface area contributed by atoms with Crippen LogP contribution in [0, 0.1) is 0 Å². The van der Waals surface area contributed by atoms with Gasteiger partial charge in [0.05, 0.1) is 6.61 Å². The van der Waals surface area contributed by atoms with E-state index in [1.165, 1.54) is 12.3 Å². The molecule has 0 radical (unpaired) electrons. The molecule has 0 aromatic carbocycles. The number of nitrogens with zero attached hydrogens (tertiary/aromatic N) is 1. The maximum Gasteiger partial charge on any atom is 0.330 e. The molecule has 2 rings (SSSR count). The highest BCUT2D eigenvalue weighted by molar-refractivity contribution is 6.21. The highest BCUT2D eigenvalue weighted by Crippen LogP contribution is 2.42. The van der Waals surface area contributed by atoms with Crippen LogP contribution in [0.1, 0.15) is 45.8 Å². The van der Waals surface area contributed by atoms with E-state index in [0.717, 1.165) is 30.3 Å². The van der Waals surface area contributed by atoms with Gasteiger partial charge in [0.1, 0.15) is 23.8 Å². The molecule has 9 heteroatoms. The lowest BCUT2D eigenvalue weighted by molar-refractivity contribution is -0.160. The fourth-order valence-corrected chi connectivity index (χ4v) is 3.48. The number of hydrogen-bond donors (Lipinski definition) is 1. The van der Waals surface area contributed by atoms with Crippen molar-refractivity contribution in [2.45, 2.75) is 62.8 Å². The molecule has 4 atom stereocenters. The molecule has 1 aliphatic rings. The predicted octanol–water partition coefficient (Wildman–Crippen LogP) is 2.38. The molecule has 1 aromatic heterocycles. The van der Waals surface area contributed by atoms with Crippen molar-refractivity contribution >= 4 is 11.6 Å². The zero-order valence-electron chi connectivity index (χ0n) is 15.8. The molecule has 0 saturated carbocycles. The van der Waals surface area contributed by atoms with Crippen molar-refractivity contribution in [1.82, 2.24) is 9.55 Å². The van der Waals surface area contributed by atoms with E-state index in [1.54, 1.807) is 0 Å². The van der Waals surface area contributed by atoms with E-state index in [4.69, 9.17) is 25.8 Å². The van der Waals surface area contributed by atoms with Gasteiger partial charge in [-0.05, 0) is 12.8 Å². The molecule has 154 valence electrons. The van der Waals surface area contributed by atoms with Gasteiger partial charge in [-0.15, -0.1) is 11.6 Å². The summed E-state index contributed by atoms with van der Waals surface area (Å²) in [5.74, 6) is 0. The molecule has 1 N–H and O–H groups in total. The van der Waals surface area contributed by atoms with Crippen LogP contribution in [0.2, 0.25) is 0 Å². The standard InChI is InChI=1S/C18H28ClFN2O5/c1-3-5-9-25-12-18(11-20)15(26-10-6-4-2)14(19)16(27-18)22-8-7-13(23)21-17(22)24/h7-8,14-16H,3-6,9-12H2,1-2H3,(H,21,23,24)/t14-,15+,16-,18-/m1/s1. The molecule has 1 fully saturated rings. The Labute approximate surface area is 162 Å². The Morgan fingerprint density at radius 3 is 2.63 bits per heavy atom. The van der Waals surface area contributed by atoms with Gasteiger partial charge in [-0.2, -0.15) is 0 Å². The lowest BCUT2D eigenvalue weighted by atomic mass is 9.98. The molecule has 1 saturated heterocycles. The maximum atomic E-state index is 14.2.